The van der Waals surface area contributed by atoms with Gasteiger partial charge in [0.25, 0.3) is 0 Å². The van der Waals surface area contributed by atoms with E-state index in [1.807, 2.05) is 19.1 Å². The van der Waals surface area contributed by atoms with Crippen LogP contribution in [0.5, 0.6) is 0 Å². The molecule has 1 amide bonds. The Kier molecular flexibility index (Phi) is 3.97. The molecule has 0 radical (unpaired) electrons. The molecular formula is C15H20N2O3. The molecule has 0 spiro atoms. The zero-order chi connectivity index (χ0) is 14.8. The lowest BCUT2D eigenvalue weighted by Crippen LogP contribution is -2.34. The standard InChI is InChI=1S/C15H20N2O3/c1-2-7-15(14(19)20)8-9-17(10-15)12-5-3-11(4-6-12)13(16)18/h3-6H,2,7-10H2,1H3,(H2,16,18)(H,19,20). The summed E-state index contributed by atoms with van der Waals surface area (Å²) in [6, 6.07) is 7.00. The van der Waals surface area contributed by atoms with Gasteiger partial charge in [-0.15, -0.1) is 0 Å². The van der Waals surface area contributed by atoms with Gasteiger partial charge < -0.3 is 15.7 Å². The van der Waals surface area contributed by atoms with E-state index < -0.39 is 17.3 Å². The van der Waals surface area contributed by atoms with Crippen molar-refractivity contribution in [2.45, 2.75) is 26.2 Å². The van der Waals surface area contributed by atoms with Gasteiger partial charge in [0, 0.05) is 24.3 Å². The lowest BCUT2D eigenvalue weighted by atomic mass is 9.83. The predicted molar refractivity (Wildman–Crippen MR) is 76.8 cm³/mol. The average Bonchev–Trinajstić information content (AvgIpc) is 2.85. The van der Waals surface area contributed by atoms with Crippen LogP contribution in [0.4, 0.5) is 5.69 Å². The van der Waals surface area contributed by atoms with Crippen molar-refractivity contribution in [2.24, 2.45) is 11.1 Å². The number of hydrogen-bond donors (Lipinski definition) is 2. The molecule has 1 saturated heterocycles. The second-order valence-electron chi connectivity index (χ2n) is 5.42. The normalized spacial score (nSPS) is 21.9. The van der Waals surface area contributed by atoms with Crippen LogP contribution < -0.4 is 10.6 Å². The monoisotopic (exact) mass is 276 g/mol. The molecule has 0 saturated carbocycles. The molecule has 1 unspecified atom stereocenters. The van der Waals surface area contributed by atoms with Crippen molar-refractivity contribution in [3.05, 3.63) is 29.8 Å². The minimum Gasteiger partial charge on any atom is -0.481 e. The Labute approximate surface area is 118 Å². The van der Waals surface area contributed by atoms with Crippen LogP contribution in [-0.2, 0) is 4.79 Å². The maximum absolute atomic E-state index is 11.5. The van der Waals surface area contributed by atoms with Gasteiger partial charge in [0.15, 0.2) is 0 Å². The third kappa shape index (κ3) is 2.61. The third-order valence-electron chi connectivity index (χ3n) is 4.05. The number of primary amides is 1. The van der Waals surface area contributed by atoms with E-state index in [1.54, 1.807) is 12.1 Å². The van der Waals surface area contributed by atoms with Gasteiger partial charge >= 0.3 is 5.97 Å². The SMILES string of the molecule is CCCC1(C(=O)O)CCN(c2ccc(C(N)=O)cc2)C1. The van der Waals surface area contributed by atoms with Crippen LogP contribution in [0, 0.1) is 5.41 Å². The quantitative estimate of drug-likeness (QED) is 0.860. The van der Waals surface area contributed by atoms with Crippen molar-refractivity contribution in [1.29, 1.82) is 0 Å². The summed E-state index contributed by atoms with van der Waals surface area (Å²) in [6.45, 7) is 3.25. The van der Waals surface area contributed by atoms with Gasteiger partial charge in [0.2, 0.25) is 5.91 Å². The second kappa shape index (κ2) is 5.53. The summed E-state index contributed by atoms with van der Waals surface area (Å²) in [5, 5.41) is 9.49. The molecule has 3 N–H and O–H groups in total. The van der Waals surface area contributed by atoms with Crippen molar-refractivity contribution < 1.29 is 14.7 Å². The number of carbonyl (C=O) groups excluding carboxylic acids is 1. The van der Waals surface area contributed by atoms with Gasteiger partial charge in [-0.2, -0.15) is 0 Å². The highest BCUT2D eigenvalue weighted by Gasteiger charge is 2.43. The number of hydrogen-bond acceptors (Lipinski definition) is 3. The summed E-state index contributed by atoms with van der Waals surface area (Å²) in [6.07, 6.45) is 2.21. The largest absolute Gasteiger partial charge is 0.481 e. The molecule has 1 heterocycles. The van der Waals surface area contributed by atoms with Crippen molar-refractivity contribution in [3.8, 4) is 0 Å². The lowest BCUT2D eigenvalue weighted by molar-refractivity contribution is -0.148. The fourth-order valence-electron chi connectivity index (χ4n) is 2.89. The molecule has 1 fully saturated rings. The Hall–Kier alpha value is -2.04. The van der Waals surface area contributed by atoms with E-state index >= 15 is 0 Å². The number of benzene rings is 1. The fourth-order valence-corrected chi connectivity index (χ4v) is 2.89. The van der Waals surface area contributed by atoms with Crippen LogP contribution in [0.2, 0.25) is 0 Å². The first kappa shape index (κ1) is 14.4. The van der Waals surface area contributed by atoms with Crippen LogP contribution >= 0.6 is 0 Å². The van der Waals surface area contributed by atoms with E-state index in [1.165, 1.54) is 0 Å². The molecule has 2 rings (SSSR count). The fraction of sp³-hybridized carbons (Fsp3) is 0.467. The summed E-state index contributed by atoms with van der Waals surface area (Å²) in [7, 11) is 0. The molecule has 1 atom stereocenters. The second-order valence-corrected chi connectivity index (χ2v) is 5.42. The number of carboxylic acid groups (broad SMARTS) is 1. The molecule has 1 aliphatic heterocycles. The molecule has 108 valence electrons. The minimum absolute atomic E-state index is 0.455. The Balaban J connectivity index is 2.15. The lowest BCUT2D eigenvalue weighted by Gasteiger charge is -2.25. The third-order valence-corrected chi connectivity index (χ3v) is 4.05. The van der Waals surface area contributed by atoms with Crippen molar-refractivity contribution >= 4 is 17.6 Å². The van der Waals surface area contributed by atoms with E-state index in [-0.39, 0.29) is 0 Å². The number of rotatable bonds is 5. The molecular weight excluding hydrogens is 256 g/mol. The Morgan fingerprint density at radius 1 is 1.35 bits per heavy atom. The Morgan fingerprint density at radius 3 is 2.50 bits per heavy atom. The van der Waals surface area contributed by atoms with Gasteiger partial charge in [0.05, 0.1) is 5.41 Å². The molecule has 20 heavy (non-hydrogen) atoms. The number of amides is 1. The number of nitrogens with two attached hydrogens (primary N) is 1. The molecule has 5 nitrogen and oxygen atoms in total. The van der Waals surface area contributed by atoms with Gasteiger partial charge in [-0.1, -0.05) is 13.3 Å². The average molecular weight is 276 g/mol. The summed E-state index contributed by atoms with van der Waals surface area (Å²) in [5.74, 6) is -1.17. The maximum Gasteiger partial charge on any atom is 0.311 e. The first-order chi connectivity index (χ1) is 9.48. The molecule has 1 aromatic carbocycles. The minimum atomic E-state index is -0.712. The number of nitrogens with zero attached hydrogens (tertiary/aromatic N) is 1. The molecule has 1 aromatic rings. The van der Waals surface area contributed by atoms with E-state index in [2.05, 4.69) is 4.90 Å². The van der Waals surface area contributed by atoms with Gasteiger partial charge in [0.1, 0.15) is 0 Å². The van der Waals surface area contributed by atoms with E-state index in [9.17, 15) is 14.7 Å². The summed E-state index contributed by atoms with van der Waals surface area (Å²) in [4.78, 5) is 24.7. The topological polar surface area (TPSA) is 83.6 Å². The smallest absolute Gasteiger partial charge is 0.311 e. The zero-order valence-electron chi connectivity index (χ0n) is 11.6. The van der Waals surface area contributed by atoms with E-state index in [0.29, 0.717) is 24.9 Å². The van der Waals surface area contributed by atoms with Crippen LogP contribution in [0.25, 0.3) is 0 Å². The summed E-state index contributed by atoms with van der Waals surface area (Å²) >= 11 is 0. The number of aliphatic carboxylic acids is 1. The number of anilines is 1. The van der Waals surface area contributed by atoms with Crippen molar-refractivity contribution in [2.75, 3.05) is 18.0 Å². The molecule has 5 heteroatoms. The maximum atomic E-state index is 11.5. The van der Waals surface area contributed by atoms with Crippen LogP contribution in [0.3, 0.4) is 0 Å². The van der Waals surface area contributed by atoms with Crippen LogP contribution in [0.1, 0.15) is 36.5 Å². The van der Waals surface area contributed by atoms with Crippen molar-refractivity contribution in [1.82, 2.24) is 0 Å². The molecule has 1 aliphatic rings. The number of carbonyl (C=O) groups is 2. The van der Waals surface area contributed by atoms with E-state index in [4.69, 9.17) is 5.73 Å². The highest BCUT2D eigenvalue weighted by molar-refractivity contribution is 5.93. The van der Waals surface area contributed by atoms with Crippen molar-refractivity contribution in [3.63, 3.8) is 0 Å². The zero-order valence-corrected chi connectivity index (χ0v) is 11.6. The van der Waals surface area contributed by atoms with Gasteiger partial charge in [-0.3, -0.25) is 9.59 Å². The highest BCUT2D eigenvalue weighted by Crippen LogP contribution is 2.37. The van der Waals surface area contributed by atoms with Gasteiger partial charge in [-0.05, 0) is 37.1 Å². The van der Waals surface area contributed by atoms with Crippen LogP contribution in [-0.4, -0.2) is 30.1 Å². The molecule has 0 bridgehead atoms. The summed E-state index contributed by atoms with van der Waals surface area (Å²) in [5.41, 5.74) is 5.97. The number of carboxylic acids is 1. The molecule has 0 aliphatic carbocycles. The highest BCUT2D eigenvalue weighted by atomic mass is 16.4. The van der Waals surface area contributed by atoms with Gasteiger partial charge in [-0.25, -0.2) is 0 Å². The predicted octanol–water partition coefficient (Wildman–Crippen LogP) is 1.87. The first-order valence-electron chi connectivity index (χ1n) is 6.87. The molecule has 0 aromatic heterocycles. The summed E-state index contributed by atoms with van der Waals surface area (Å²) < 4.78 is 0. The van der Waals surface area contributed by atoms with Crippen LogP contribution in [0.15, 0.2) is 24.3 Å². The Bertz CT molecular complexity index is 512. The first-order valence-corrected chi connectivity index (χ1v) is 6.87. The Morgan fingerprint density at radius 2 is 2.00 bits per heavy atom. The van der Waals surface area contributed by atoms with E-state index in [0.717, 1.165) is 18.7 Å².